The maximum Gasteiger partial charge on any atom is 0.219 e. The largest absolute Gasteiger partial charge is 0.409 e. The maximum atomic E-state index is 11.0. The minimum Gasteiger partial charge on any atom is -0.409 e. The summed E-state index contributed by atoms with van der Waals surface area (Å²) in [6.07, 6.45) is 0.229. The van der Waals surface area contributed by atoms with E-state index in [9.17, 15) is 4.79 Å². The molecule has 0 spiro atoms. The van der Waals surface area contributed by atoms with Crippen LogP contribution in [0.15, 0.2) is 23.4 Å². The smallest absolute Gasteiger partial charge is 0.219 e. The van der Waals surface area contributed by atoms with Gasteiger partial charge in [-0.1, -0.05) is 28.9 Å². The minimum atomic E-state index is -0.417. The zero-order valence-corrected chi connectivity index (χ0v) is 12.2. The molecule has 0 atom stereocenters. The number of amidine groups is 1. The Morgan fingerprint density at radius 1 is 1.45 bits per heavy atom. The number of nitrogens with one attached hydrogen (secondary N) is 1. The lowest BCUT2D eigenvalue weighted by Crippen LogP contribution is -2.42. The van der Waals surface area contributed by atoms with Gasteiger partial charge in [-0.15, -0.1) is 0 Å². The Morgan fingerprint density at radius 2 is 2.10 bits per heavy atom. The number of nitrogens with zero attached hydrogens (tertiary/aromatic N) is 1. The highest BCUT2D eigenvalue weighted by Gasteiger charge is 2.20. The van der Waals surface area contributed by atoms with E-state index in [0.29, 0.717) is 17.1 Å². The summed E-state index contributed by atoms with van der Waals surface area (Å²) >= 11 is 6.14. The number of hydrogen-bond acceptors (Lipinski definition) is 4. The van der Waals surface area contributed by atoms with Gasteiger partial charge in [-0.25, -0.2) is 0 Å². The fourth-order valence-electron chi connectivity index (χ4n) is 1.74. The summed E-state index contributed by atoms with van der Waals surface area (Å²) in [7, 11) is 0. The SMILES string of the molecule is CC(C)(CC(N)=O)NCc1ccc(/C(N)=N/O)cc1Cl. The third kappa shape index (κ3) is 4.71. The molecule has 1 aromatic carbocycles. The lowest BCUT2D eigenvalue weighted by atomic mass is 9.99. The van der Waals surface area contributed by atoms with Crippen LogP contribution in [0.2, 0.25) is 5.02 Å². The van der Waals surface area contributed by atoms with E-state index in [1.165, 1.54) is 0 Å². The molecule has 0 bridgehead atoms. The van der Waals surface area contributed by atoms with Gasteiger partial charge in [0.1, 0.15) is 0 Å². The molecule has 0 heterocycles. The average Bonchev–Trinajstić information content (AvgIpc) is 2.34. The molecule has 0 aliphatic carbocycles. The first-order chi connectivity index (χ1) is 9.25. The minimum absolute atomic E-state index is 0.000433. The van der Waals surface area contributed by atoms with E-state index in [1.807, 2.05) is 13.8 Å². The number of benzene rings is 1. The van der Waals surface area contributed by atoms with Crippen molar-refractivity contribution < 1.29 is 10.0 Å². The van der Waals surface area contributed by atoms with Gasteiger partial charge in [0.05, 0.1) is 0 Å². The number of halogens is 1. The first-order valence-electron chi connectivity index (χ1n) is 6.05. The van der Waals surface area contributed by atoms with Gasteiger partial charge in [0.25, 0.3) is 0 Å². The highest BCUT2D eigenvalue weighted by Crippen LogP contribution is 2.19. The van der Waals surface area contributed by atoms with Crippen LogP contribution >= 0.6 is 11.6 Å². The zero-order chi connectivity index (χ0) is 15.3. The second-order valence-electron chi connectivity index (χ2n) is 5.17. The molecule has 6 nitrogen and oxygen atoms in total. The monoisotopic (exact) mass is 298 g/mol. The van der Waals surface area contributed by atoms with Crippen LogP contribution in [0.1, 0.15) is 31.4 Å². The number of rotatable bonds is 6. The van der Waals surface area contributed by atoms with Crippen molar-refractivity contribution in [3.8, 4) is 0 Å². The van der Waals surface area contributed by atoms with Crippen LogP contribution < -0.4 is 16.8 Å². The number of primary amides is 1. The zero-order valence-electron chi connectivity index (χ0n) is 11.5. The Kier molecular flexibility index (Phi) is 5.35. The molecule has 0 saturated heterocycles. The van der Waals surface area contributed by atoms with E-state index in [0.717, 1.165) is 5.56 Å². The number of carbonyl (C=O) groups is 1. The van der Waals surface area contributed by atoms with Crippen LogP contribution in [0, 0.1) is 0 Å². The average molecular weight is 299 g/mol. The number of carbonyl (C=O) groups excluding carboxylic acids is 1. The highest BCUT2D eigenvalue weighted by atomic mass is 35.5. The molecule has 20 heavy (non-hydrogen) atoms. The molecule has 110 valence electrons. The summed E-state index contributed by atoms with van der Waals surface area (Å²) in [6.45, 7) is 4.25. The number of nitrogens with two attached hydrogens (primary N) is 2. The lowest BCUT2D eigenvalue weighted by molar-refractivity contribution is -0.119. The Hall–Kier alpha value is -1.79. The van der Waals surface area contributed by atoms with Crippen molar-refractivity contribution in [2.45, 2.75) is 32.4 Å². The summed E-state index contributed by atoms with van der Waals surface area (Å²) in [4.78, 5) is 11.0. The van der Waals surface area contributed by atoms with Crippen LogP contribution in [-0.4, -0.2) is 22.5 Å². The van der Waals surface area contributed by atoms with Gasteiger partial charge < -0.3 is 22.0 Å². The summed E-state index contributed by atoms with van der Waals surface area (Å²) in [5, 5.41) is 15.2. The van der Waals surface area contributed by atoms with Crippen LogP contribution in [0.3, 0.4) is 0 Å². The molecule has 7 heteroatoms. The number of amides is 1. The highest BCUT2D eigenvalue weighted by molar-refractivity contribution is 6.31. The van der Waals surface area contributed by atoms with Gasteiger partial charge in [-0.2, -0.15) is 0 Å². The molecule has 0 unspecified atom stereocenters. The van der Waals surface area contributed by atoms with Crippen molar-refractivity contribution >= 4 is 23.3 Å². The summed E-state index contributed by atoms with van der Waals surface area (Å²) in [5.74, 6) is -0.364. The third-order valence-electron chi connectivity index (χ3n) is 2.83. The van der Waals surface area contributed by atoms with Crippen LogP contribution in [0.4, 0.5) is 0 Å². The number of hydrogen-bond donors (Lipinski definition) is 4. The molecule has 0 fully saturated rings. The van der Waals surface area contributed by atoms with Crippen molar-refractivity contribution in [3.05, 3.63) is 34.3 Å². The van der Waals surface area contributed by atoms with E-state index < -0.39 is 5.54 Å². The molecule has 1 rings (SSSR count). The molecule has 0 aliphatic heterocycles. The molecular weight excluding hydrogens is 280 g/mol. The van der Waals surface area contributed by atoms with E-state index in [1.54, 1.807) is 18.2 Å². The van der Waals surface area contributed by atoms with E-state index >= 15 is 0 Å². The van der Waals surface area contributed by atoms with Crippen molar-refractivity contribution in [1.82, 2.24) is 5.32 Å². The molecule has 6 N–H and O–H groups in total. The summed E-state index contributed by atoms with van der Waals surface area (Å²) < 4.78 is 0. The van der Waals surface area contributed by atoms with Crippen LogP contribution in [0.5, 0.6) is 0 Å². The first kappa shape index (κ1) is 16.3. The van der Waals surface area contributed by atoms with E-state index in [2.05, 4.69) is 10.5 Å². The van der Waals surface area contributed by atoms with Crippen LogP contribution in [-0.2, 0) is 11.3 Å². The number of oxime groups is 1. The predicted molar refractivity (Wildman–Crippen MR) is 78.7 cm³/mol. The fraction of sp³-hybridized carbons (Fsp3) is 0.385. The second kappa shape index (κ2) is 6.58. The van der Waals surface area contributed by atoms with Gasteiger partial charge in [0, 0.05) is 29.1 Å². The molecule has 0 aliphatic rings. The predicted octanol–water partition coefficient (Wildman–Crippen LogP) is 1.18. The molecule has 0 radical (unpaired) electrons. The molecule has 1 amide bonds. The summed E-state index contributed by atoms with van der Waals surface area (Å²) in [5.41, 5.74) is 11.6. The Labute approximate surface area is 122 Å². The fourth-order valence-corrected chi connectivity index (χ4v) is 1.99. The van der Waals surface area contributed by atoms with Crippen molar-refractivity contribution in [1.29, 1.82) is 0 Å². The van der Waals surface area contributed by atoms with Gasteiger partial charge in [-0.3, -0.25) is 4.79 Å². The molecule has 0 saturated carbocycles. The Bertz CT molecular complexity index is 529. The second-order valence-corrected chi connectivity index (χ2v) is 5.58. The topological polar surface area (TPSA) is 114 Å². The van der Waals surface area contributed by atoms with Gasteiger partial charge >= 0.3 is 0 Å². The van der Waals surface area contributed by atoms with Gasteiger partial charge in [-0.05, 0) is 25.5 Å². The van der Waals surface area contributed by atoms with E-state index in [4.69, 9.17) is 28.3 Å². The normalized spacial score (nSPS) is 12.4. The Morgan fingerprint density at radius 3 is 2.60 bits per heavy atom. The van der Waals surface area contributed by atoms with Crippen LogP contribution in [0.25, 0.3) is 0 Å². The lowest BCUT2D eigenvalue weighted by Gasteiger charge is -2.25. The summed E-state index contributed by atoms with van der Waals surface area (Å²) in [6, 6.07) is 5.11. The molecule has 0 aromatic heterocycles. The standard InChI is InChI=1S/C13H19ClN4O2/c1-13(2,6-11(15)19)17-7-9-4-3-8(5-10(9)14)12(16)18-20/h3-5,17,20H,6-7H2,1-2H3,(H2,15,19)(H2,16,18). The van der Waals surface area contributed by atoms with Crippen molar-refractivity contribution in [2.75, 3.05) is 0 Å². The van der Waals surface area contributed by atoms with E-state index in [-0.39, 0.29) is 18.2 Å². The van der Waals surface area contributed by atoms with Crippen molar-refractivity contribution in [3.63, 3.8) is 0 Å². The molecule has 1 aromatic rings. The van der Waals surface area contributed by atoms with Crippen molar-refractivity contribution in [2.24, 2.45) is 16.6 Å². The van der Waals surface area contributed by atoms with Gasteiger partial charge in [0.2, 0.25) is 5.91 Å². The van der Waals surface area contributed by atoms with Gasteiger partial charge in [0.15, 0.2) is 5.84 Å². The quantitative estimate of drug-likeness (QED) is 0.273. The molecular formula is C13H19ClN4O2. The Balaban J connectivity index is 2.77. The third-order valence-corrected chi connectivity index (χ3v) is 3.18. The first-order valence-corrected chi connectivity index (χ1v) is 6.42. The maximum absolute atomic E-state index is 11.0.